The van der Waals surface area contributed by atoms with Crippen LogP contribution in [0.2, 0.25) is 5.02 Å². The van der Waals surface area contributed by atoms with Crippen molar-refractivity contribution in [1.82, 2.24) is 5.32 Å². The van der Waals surface area contributed by atoms with Crippen molar-refractivity contribution in [3.63, 3.8) is 0 Å². The highest BCUT2D eigenvalue weighted by Crippen LogP contribution is 2.30. The van der Waals surface area contributed by atoms with Crippen LogP contribution in [0.5, 0.6) is 0 Å². The van der Waals surface area contributed by atoms with Gasteiger partial charge in [0.05, 0.1) is 28.7 Å². The van der Waals surface area contributed by atoms with E-state index in [1.165, 1.54) is 4.31 Å². The number of carbonyl (C=O) groups excluding carboxylic acids is 1. The molecule has 0 saturated heterocycles. The van der Waals surface area contributed by atoms with Gasteiger partial charge in [-0.15, -0.1) is 0 Å². The molecule has 0 bridgehead atoms. The van der Waals surface area contributed by atoms with Crippen LogP contribution in [0.25, 0.3) is 0 Å². The van der Waals surface area contributed by atoms with Crippen molar-refractivity contribution in [1.29, 1.82) is 0 Å². The summed E-state index contributed by atoms with van der Waals surface area (Å²) in [4.78, 5) is 13.6. The first-order chi connectivity index (χ1) is 17.6. The second kappa shape index (κ2) is 11.2. The zero-order chi connectivity index (χ0) is 26.6. The van der Waals surface area contributed by atoms with E-state index >= 15 is 0 Å². The molecule has 0 aliphatic carbocycles. The number of hydrogen-bond acceptors (Lipinski definition) is 3. The minimum absolute atomic E-state index is 0.0329. The average molecular weight is 533 g/mol. The second-order valence-corrected chi connectivity index (χ2v) is 11.4. The summed E-state index contributed by atoms with van der Waals surface area (Å²) in [7, 11) is -4.00. The van der Waals surface area contributed by atoms with E-state index in [0.29, 0.717) is 10.7 Å². The van der Waals surface area contributed by atoms with Gasteiger partial charge in [-0.25, -0.2) is 8.42 Å². The number of carbonyl (C=O) groups is 1. The number of benzene rings is 4. The molecule has 0 aliphatic heterocycles. The minimum atomic E-state index is -4.00. The summed E-state index contributed by atoms with van der Waals surface area (Å²) in [5, 5.41) is 3.58. The highest BCUT2D eigenvalue weighted by atomic mass is 35.5. The van der Waals surface area contributed by atoms with Crippen LogP contribution in [0.1, 0.15) is 45.6 Å². The third kappa shape index (κ3) is 6.21. The fourth-order valence-electron chi connectivity index (χ4n) is 3.99. The predicted molar refractivity (Wildman–Crippen MR) is 150 cm³/mol. The summed E-state index contributed by atoms with van der Waals surface area (Å²) >= 11 is 6.06. The van der Waals surface area contributed by atoms with E-state index in [4.69, 9.17) is 11.6 Å². The Morgan fingerprint density at radius 2 is 1.41 bits per heavy atom. The Balaban J connectivity index is 1.74. The van der Waals surface area contributed by atoms with E-state index in [-0.39, 0.29) is 29.0 Å². The van der Waals surface area contributed by atoms with Crippen LogP contribution >= 0.6 is 11.6 Å². The summed E-state index contributed by atoms with van der Waals surface area (Å²) in [6.45, 7) is 5.84. The van der Waals surface area contributed by atoms with Crippen molar-refractivity contribution in [3.05, 3.63) is 130 Å². The first-order valence-electron chi connectivity index (χ1n) is 12.0. The van der Waals surface area contributed by atoms with Crippen LogP contribution in [0, 0.1) is 13.8 Å². The van der Waals surface area contributed by atoms with Gasteiger partial charge in [-0.3, -0.25) is 9.10 Å². The highest BCUT2D eigenvalue weighted by Gasteiger charge is 2.29. The van der Waals surface area contributed by atoms with Gasteiger partial charge in [0.15, 0.2) is 0 Å². The molecule has 0 spiro atoms. The third-order valence-corrected chi connectivity index (χ3v) is 8.22. The molecule has 0 heterocycles. The zero-order valence-electron chi connectivity index (χ0n) is 21.0. The Bertz CT molecular complexity index is 1480. The highest BCUT2D eigenvalue weighted by molar-refractivity contribution is 7.92. The van der Waals surface area contributed by atoms with Gasteiger partial charge in [-0.2, -0.15) is 0 Å². The summed E-state index contributed by atoms with van der Waals surface area (Å²) in [6.07, 6.45) is 0. The van der Waals surface area contributed by atoms with Gasteiger partial charge in [0.1, 0.15) is 0 Å². The normalized spacial score (nSPS) is 12.1. The van der Waals surface area contributed by atoms with Crippen molar-refractivity contribution in [2.24, 2.45) is 0 Å². The monoisotopic (exact) mass is 532 g/mol. The quantitative estimate of drug-likeness (QED) is 0.270. The van der Waals surface area contributed by atoms with Gasteiger partial charge in [0, 0.05) is 5.02 Å². The molecule has 4 aromatic rings. The number of nitrogens with zero attached hydrogens (tertiary/aromatic N) is 1. The van der Waals surface area contributed by atoms with E-state index in [1.54, 1.807) is 72.8 Å². The van der Waals surface area contributed by atoms with Crippen LogP contribution in [0.3, 0.4) is 0 Å². The third-order valence-electron chi connectivity index (χ3n) is 6.19. The summed E-state index contributed by atoms with van der Waals surface area (Å²) in [5.74, 6) is -0.358. The number of rotatable bonds is 8. The summed E-state index contributed by atoms with van der Waals surface area (Å²) in [5.41, 5.74) is 4.35. The molecule has 1 N–H and O–H groups in total. The number of halogens is 1. The molecule has 0 radical (unpaired) electrons. The Kier molecular flexibility index (Phi) is 8.00. The van der Waals surface area contributed by atoms with E-state index in [1.807, 2.05) is 45.0 Å². The topological polar surface area (TPSA) is 66.5 Å². The lowest BCUT2D eigenvalue weighted by atomic mass is 10.1. The second-order valence-electron chi connectivity index (χ2n) is 9.07. The fraction of sp³-hybridized carbons (Fsp3) is 0.167. The van der Waals surface area contributed by atoms with Crippen LogP contribution in [0.15, 0.2) is 102 Å². The van der Waals surface area contributed by atoms with Gasteiger partial charge in [0.25, 0.3) is 15.9 Å². The smallest absolute Gasteiger partial charge is 0.264 e. The van der Waals surface area contributed by atoms with E-state index in [2.05, 4.69) is 5.32 Å². The first kappa shape index (κ1) is 26.5. The van der Waals surface area contributed by atoms with Gasteiger partial charge >= 0.3 is 0 Å². The lowest BCUT2D eigenvalue weighted by Crippen LogP contribution is -2.34. The number of nitrogens with one attached hydrogen (secondary N) is 1. The zero-order valence-corrected chi connectivity index (χ0v) is 22.6. The molecule has 0 unspecified atom stereocenters. The lowest BCUT2D eigenvalue weighted by molar-refractivity contribution is 0.0940. The number of aryl methyl sites for hydroxylation is 2. The van der Waals surface area contributed by atoms with Crippen LogP contribution in [-0.4, -0.2) is 14.3 Å². The number of amides is 1. The van der Waals surface area contributed by atoms with Crippen molar-refractivity contribution in [3.8, 4) is 0 Å². The Morgan fingerprint density at radius 1 is 0.838 bits per heavy atom. The van der Waals surface area contributed by atoms with Gasteiger partial charge in [-0.05, 0) is 68.3 Å². The molecule has 0 aliphatic rings. The molecule has 37 heavy (non-hydrogen) atoms. The van der Waals surface area contributed by atoms with Crippen molar-refractivity contribution in [2.45, 2.75) is 38.3 Å². The van der Waals surface area contributed by atoms with E-state index < -0.39 is 10.0 Å². The first-order valence-corrected chi connectivity index (χ1v) is 13.8. The maximum Gasteiger partial charge on any atom is 0.264 e. The molecule has 0 fully saturated rings. The molecule has 190 valence electrons. The van der Waals surface area contributed by atoms with Crippen LogP contribution in [0.4, 0.5) is 5.69 Å². The fourth-order valence-corrected chi connectivity index (χ4v) is 5.59. The number of para-hydroxylation sites is 1. The van der Waals surface area contributed by atoms with Crippen LogP contribution in [-0.2, 0) is 16.6 Å². The summed E-state index contributed by atoms with van der Waals surface area (Å²) in [6, 6.07) is 28.1. The molecular weight excluding hydrogens is 504 g/mol. The molecule has 7 heteroatoms. The minimum Gasteiger partial charge on any atom is -0.345 e. The molecular formula is C30H29ClN2O3S. The standard InChI is InChI=1S/C30H29ClN2O3S/c1-21-8-14-25(15-9-21)23(3)32-30(34)28-6-4-5-7-29(28)33(20-24-12-16-26(31)17-13-24)37(35,36)27-18-10-22(2)11-19-27/h4-19,23H,20H2,1-3H3,(H,32,34)/t23-/m1/s1. The average Bonchev–Trinajstić information content (AvgIpc) is 2.89. The molecule has 1 amide bonds. The molecule has 5 nitrogen and oxygen atoms in total. The van der Waals surface area contributed by atoms with E-state index in [0.717, 1.165) is 22.3 Å². The van der Waals surface area contributed by atoms with E-state index in [9.17, 15) is 13.2 Å². The number of anilines is 1. The van der Waals surface area contributed by atoms with Crippen LogP contribution < -0.4 is 9.62 Å². The SMILES string of the molecule is Cc1ccc([C@@H](C)NC(=O)c2ccccc2N(Cc2ccc(Cl)cc2)S(=O)(=O)c2ccc(C)cc2)cc1. The van der Waals surface area contributed by atoms with Gasteiger partial charge < -0.3 is 5.32 Å². The molecule has 4 aromatic carbocycles. The largest absolute Gasteiger partial charge is 0.345 e. The Labute approximate surface area is 223 Å². The summed E-state index contributed by atoms with van der Waals surface area (Å²) < 4.78 is 29.2. The lowest BCUT2D eigenvalue weighted by Gasteiger charge is -2.27. The predicted octanol–water partition coefficient (Wildman–Crippen LogP) is 6.84. The molecule has 4 rings (SSSR count). The maximum absolute atomic E-state index is 13.9. The molecule has 1 atom stereocenters. The Hall–Kier alpha value is -3.61. The molecule has 0 aromatic heterocycles. The maximum atomic E-state index is 13.9. The van der Waals surface area contributed by atoms with Gasteiger partial charge in [0.2, 0.25) is 0 Å². The van der Waals surface area contributed by atoms with Crippen molar-refractivity contribution >= 4 is 33.2 Å². The molecule has 0 saturated carbocycles. The van der Waals surface area contributed by atoms with Crippen molar-refractivity contribution < 1.29 is 13.2 Å². The number of hydrogen-bond donors (Lipinski definition) is 1. The van der Waals surface area contributed by atoms with Crippen molar-refractivity contribution in [2.75, 3.05) is 4.31 Å². The Morgan fingerprint density at radius 3 is 2.03 bits per heavy atom. The van der Waals surface area contributed by atoms with Gasteiger partial charge in [-0.1, -0.05) is 83.4 Å². The number of sulfonamides is 1.